The van der Waals surface area contributed by atoms with Gasteiger partial charge in [-0.2, -0.15) is 0 Å². The second-order valence-corrected chi connectivity index (χ2v) is 4.52. The molecule has 2 N–H and O–H groups in total. The summed E-state index contributed by atoms with van der Waals surface area (Å²) < 4.78 is 0. The van der Waals surface area contributed by atoms with Gasteiger partial charge in [0.05, 0.1) is 0 Å². The van der Waals surface area contributed by atoms with Crippen LogP contribution in [0.3, 0.4) is 0 Å². The maximum Gasteiger partial charge on any atom is 0.300 e. The van der Waals surface area contributed by atoms with E-state index < -0.39 is 5.97 Å². The highest BCUT2D eigenvalue weighted by molar-refractivity contribution is 5.94. The molecule has 0 atom stereocenters. The van der Waals surface area contributed by atoms with Gasteiger partial charge in [-0.1, -0.05) is 17.2 Å². The first-order chi connectivity index (χ1) is 8.22. The molecule has 0 aliphatic heterocycles. The maximum absolute atomic E-state index is 11.6. The largest absolute Gasteiger partial charge is 0.481 e. The second-order valence-electron chi connectivity index (χ2n) is 4.52. The normalized spacial score (nSPS) is 9.44. The fourth-order valence-electron chi connectivity index (χ4n) is 1.45. The number of benzene rings is 1. The Morgan fingerprint density at radius 3 is 1.83 bits per heavy atom. The lowest BCUT2D eigenvalue weighted by Crippen LogP contribution is -2.30. The van der Waals surface area contributed by atoms with Crippen molar-refractivity contribution in [1.29, 1.82) is 0 Å². The second kappa shape index (κ2) is 7.48. The van der Waals surface area contributed by atoms with Gasteiger partial charge in [-0.3, -0.25) is 9.59 Å². The van der Waals surface area contributed by atoms with Crippen molar-refractivity contribution in [1.82, 2.24) is 5.32 Å². The van der Waals surface area contributed by atoms with Gasteiger partial charge in [-0.05, 0) is 39.8 Å². The maximum atomic E-state index is 11.6. The summed E-state index contributed by atoms with van der Waals surface area (Å²) in [5.74, 6) is -0.827. The first-order valence-electron chi connectivity index (χ1n) is 5.81. The van der Waals surface area contributed by atoms with Gasteiger partial charge in [0.1, 0.15) is 0 Å². The van der Waals surface area contributed by atoms with Crippen molar-refractivity contribution >= 4 is 11.9 Å². The molecule has 4 heteroatoms. The van der Waals surface area contributed by atoms with E-state index in [1.54, 1.807) is 0 Å². The van der Waals surface area contributed by atoms with E-state index in [0.29, 0.717) is 0 Å². The quantitative estimate of drug-likeness (QED) is 0.848. The fourth-order valence-corrected chi connectivity index (χ4v) is 1.45. The van der Waals surface area contributed by atoms with Crippen LogP contribution in [0.4, 0.5) is 0 Å². The Hall–Kier alpha value is -1.84. The molecule has 0 saturated heterocycles. The summed E-state index contributed by atoms with van der Waals surface area (Å²) in [6.45, 7) is 9.00. The first kappa shape index (κ1) is 16.2. The van der Waals surface area contributed by atoms with Gasteiger partial charge in [-0.15, -0.1) is 0 Å². The molecule has 0 radical (unpaired) electrons. The Morgan fingerprint density at radius 1 is 1.11 bits per heavy atom. The van der Waals surface area contributed by atoms with Crippen molar-refractivity contribution < 1.29 is 14.7 Å². The standard InChI is InChI=1S/C12H17NO.C2H4O2/c1-8(2)13-12(14)11-6-9(3)5-10(4)7-11;1-2(3)4/h5-8H,1-4H3,(H,13,14);1H3,(H,3,4). The molecule has 0 heterocycles. The van der Waals surface area contributed by atoms with Crippen LogP contribution in [0.1, 0.15) is 42.3 Å². The molecule has 0 saturated carbocycles. The molecule has 0 aliphatic rings. The molecule has 1 aromatic carbocycles. The number of carboxylic acid groups (broad SMARTS) is 1. The zero-order chi connectivity index (χ0) is 14.3. The zero-order valence-corrected chi connectivity index (χ0v) is 11.6. The van der Waals surface area contributed by atoms with E-state index in [4.69, 9.17) is 9.90 Å². The summed E-state index contributed by atoms with van der Waals surface area (Å²) in [4.78, 5) is 20.6. The molecule has 0 bridgehead atoms. The number of aryl methyl sites for hydroxylation is 2. The molecule has 1 amide bonds. The van der Waals surface area contributed by atoms with Crippen LogP contribution in [-0.2, 0) is 4.79 Å². The van der Waals surface area contributed by atoms with Crippen LogP contribution >= 0.6 is 0 Å². The van der Waals surface area contributed by atoms with Crippen molar-refractivity contribution in [2.24, 2.45) is 0 Å². The molecule has 0 spiro atoms. The highest BCUT2D eigenvalue weighted by Gasteiger charge is 2.07. The molecule has 1 rings (SSSR count). The third-order valence-electron chi connectivity index (χ3n) is 1.90. The molecular formula is C14H21NO3. The van der Waals surface area contributed by atoms with E-state index >= 15 is 0 Å². The molecule has 0 unspecified atom stereocenters. The van der Waals surface area contributed by atoms with Crippen LogP contribution < -0.4 is 5.32 Å². The predicted octanol–water partition coefficient (Wildman–Crippen LogP) is 2.53. The van der Waals surface area contributed by atoms with Crippen molar-refractivity contribution in [3.63, 3.8) is 0 Å². The lowest BCUT2D eigenvalue weighted by molar-refractivity contribution is -0.134. The van der Waals surface area contributed by atoms with E-state index in [9.17, 15) is 4.79 Å². The smallest absolute Gasteiger partial charge is 0.300 e. The summed E-state index contributed by atoms with van der Waals surface area (Å²) in [5, 5.41) is 10.3. The lowest BCUT2D eigenvalue weighted by Gasteiger charge is -2.09. The fraction of sp³-hybridized carbons (Fsp3) is 0.429. The van der Waals surface area contributed by atoms with Crippen molar-refractivity contribution in [3.8, 4) is 0 Å². The SMILES string of the molecule is CC(=O)O.Cc1cc(C)cc(C(=O)NC(C)C)c1. The Labute approximate surface area is 108 Å². The van der Waals surface area contributed by atoms with Gasteiger partial charge >= 0.3 is 0 Å². The van der Waals surface area contributed by atoms with Crippen LogP contribution in [0.2, 0.25) is 0 Å². The Balaban J connectivity index is 0.000000631. The molecule has 1 aromatic rings. The molecular weight excluding hydrogens is 230 g/mol. The zero-order valence-electron chi connectivity index (χ0n) is 11.6. The van der Waals surface area contributed by atoms with Gasteiger partial charge in [0.2, 0.25) is 0 Å². The average molecular weight is 251 g/mol. The number of hydrogen-bond donors (Lipinski definition) is 2. The number of aliphatic carboxylic acids is 1. The minimum Gasteiger partial charge on any atom is -0.481 e. The number of carboxylic acids is 1. The lowest BCUT2D eigenvalue weighted by atomic mass is 10.1. The van der Waals surface area contributed by atoms with E-state index in [1.807, 2.05) is 39.8 Å². The minimum absolute atomic E-state index is 0.00630. The minimum atomic E-state index is -0.833. The van der Waals surface area contributed by atoms with E-state index in [2.05, 4.69) is 11.4 Å². The van der Waals surface area contributed by atoms with Gasteiger partial charge < -0.3 is 10.4 Å². The summed E-state index contributed by atoms with van der Waals surface area (Å²) in [6, 6.07) is 6.06. The Bertz CT molecular complexity index is 401. The summed E-state index contributed by atoms with van der Waals surface area (Å²) in [6.07, 6.45) is 0. The third-order valence-corrected chi connectivity index (χ3v) is 1.90. The van der Waals surface area contributed by atoms with Crippen molar-refractivity contribution in [2.45, 2.75) is 40.7 Å². The van der Waals surface area contributed by atoms with Crippen LogP contribution in [0.15, 0.2) is 18.2 Å². The number of carbonyl (C=O) groups excluding carboxylic acids is 1. The molecule has 0 aromatic heterocycles. The van der Waals surface area contributed by atoms with Gasteiger partial charge in [0.25, 0.3) is 11.9 Å². The molecule has 100 valence electrons. The van der Waals surface area contributed by atoms with Crippen LogP contribution in [0.25, 0.3) is 0 Å². The monoisotopic (exact) mass is 251 g/mol. The number of rotatable bonds is 2. The summed E-state index contributed by atoms with van der Waals surface area (Å²) in [7, 11) is 0. The number of carbonyl (C=O) groups is 2. The number of amides is 1. The molecule has 0 fully saturated rings. The highest BCUT2D eigenvalue weighted by Crippen LogP contribution is 2.08. The number of hydrogen-bond acceptors (Lipinski definition) is 2. The van der Waals surface area contributed by atoms with E-state index in [0.717, 1.165) is 23.6 Å². The predicted molar refractivity (Wildman–Crippen MR) is 71.8 cm³/mol. The Kier molecular flexibility index (Phi) is 6.71. The van der Waals surface area contributed by atoms with Crippen LogP contribution in [-0.4, -0.2) is 23.0 Å². The van der Waals surface area contributed by atoms with E-state index in [1.165, 1.54) is 0 Å². The summed E-state index contributed by atoms with van der Waals surface area (Å²) in [5.41, 5.74) is 2.99. The molecule has 18 heavy (non-hydrogen) atoms. The van der Waals surface area contributed by atoms with Crippen LogP contribution in [0, 0.1) is 13.8 Å². The van der Waals surface area contributed by atoms with Gasteiger partial charge in [0.15, 0.2) is 0 Å². The third kappa shape index (κ3) is 7.44. The van der Waals surface area contributed by atoms with Crippen LogP contribution in [0.5, 0.6) is 0 Å². The highest BCUT2D eigenvalue weighted by atomic mass is 16.4. The number of nitrogens with one attached hydrogen (secondary N) is 1. The molecule has 4 nitrogen and oxygen atoms in total. The average Bonchev–Trinajstić information content (AvgIpc) is 2.13. The van der Waals surface area contributed by atoms with Crippen molar-refractivity contribution in [3.05, 3.63) is 34.9 Å². The molecule has 0 aliphatic carbocycles. The Morgan fingerprint density at radius 2 is 1.50 bits per heavy atom. The van der Waals surface area contributed by atoms with Gasteiger partial charge in [0, 0.05) is 18.5 Å². The van der Waals surface area contributed by atoms with E-state index in [-0.39, 0.29) is 11.9 Å². The topological polar surface area (TPSA) is 66.4 Å². The first-order valence-corrected chi connectivity index (χ1v) is 5.81. The van der Waals surface area contributed by atoms with Gasteiger partial charge in [-0.25, -0.2) is 0 Å². The van der Waals surface area contributed by atoms with Crippen molar-refractivity contribution in [2.75, 3.05) is 0 Å². The summed E-state index contributed by atoms with van der Waals surface area (Å²) >= 11 is 0.